The minimum absolute atomic E-state index is 0. The van der Waals surface area contributed by atoms with E-state index < -0.39 is 36.6 Å². The van der Waals surface area contributed by atoms with Crippen molar-refractivity contribution in [3.8, 4) is 34.5 Å². The number of hydrogen-bond donors (Lipinski definition) is 6. The van der Waals surface area contributed by atoms with Gasteiger partial charge >= 0.3 is 65.2 Å². The van der Waals surface area contributed by atoms with Crippen molar-refractivity contribution >= 4 is 0 Å². The van der Waals surface area contributed by atoms with E-state index in [1.54, 1.807) is 119 Å². The largest absolute Gasteiger partial charge is 4.00 e. The first kappa shape index (κ1) is 112. The molecule has 0 amide bonds. The predicted molar refractivity (Wildman–Crippen MR) is 416 cm³/mol. The molecule has 0 radical (unpaired) electrons. The molecule has 0 unspecified atom stereocenters. The third kappa shape index (κ3) is 56.9. The molecule has 0 aromatic heterocycles. The van der Waals surface area contributed by atoms with E-state index in [1.165, 1.54) is 38.5 Å². The molecule has 3 saturated carbocycles. The van der Waals surface area contributed by atoms with Crippen LogP contribution in [0.25, 0.3) is 0 Å². The average molecular weight is 1630 g/mol. The van der Waals surface area contributed by atoms with Crippen molar-refractivity contribution in [2.24, 2.45) is 0 Å². The van der Waals surface area contributed by atoms with Gasteiger partial charge in [0.15, 0.2) is 0 Å². The SMILES string of the molecule is CC(C)[O-].CC(C)[O-].CC(C)[O-].CC(C)[O-].CC(C)[O-].CC(C)[O-].CCOCC.Cc1ccc([O-])c(CN[C@@H]2CCCC[C@H]2NCc2cc(C)ccc2[O-])c1.Cc1ccc([O-])c(CN[C@@H]2CCCC[C@H]2NCc2cc(C)ccc2[O-])c1.Cc1ccc([O-])c(CN[C@@H]2CCCC[C@H]2NCc2cc(C)ccc2[O-])c1.[Ti+4].[Ti+4].[Ti+4]. The summed E-state index contributed by atoms with van der Waals surface area (Å²) in [7, 11) is 0. The van der Waals surface area contributed by atoms with Gasteiger partial charge in [-0.3, -0.25) is 0 Å². The Labute approximate surface area is 709 Å². The molecule has 0 bridgehead atoms. The Morgan fingerprint density at radius 3 is 0.482 bits per heavy atom. The van der Waals surface area contributed by atoms with Crippen LogP contribution in [0.1, 0.15) is 241 Å². The second-order valence-corrected chi connectivity index (χ2v) is 29.5. The molecule has 0 heterocycles. The molecular weight excluding hydrogens is 1490 g/mol. The molecule has 110 heavy (non-hydrogen) atoms. The summed E-state index contributed by atoms with van der Waals surface area (Å²) in [4.78, 5) is 0. The Bertz CT molecular complexity index is 2700. The molecule has 6 aromatic carbocycles. The maximum Gasteiger partial charge on any atom is 4.00 e. The van der Waals surface area contributed by atoms with E-state index >= 15 is 0 Å². The zero-order valence-electron chi connectivity index (χ0n) is 70.3. The summed E-state index contributed by atoms with van der Waals surface area (Å²) in [5.41, 5.74) is 11.6. The van der Waals surface area contributed by atoms with Crippen LogP contribution in [0, 0.1) is 41.5 Å². The van der Waals surface area contributed by atoms with Gasteiger partial charge < -0.3 is 97.9 Å². The Morgan fingerprint density at radius 1 is 0.264 bits per heavy atom. The molecule has 608 valence electrons. The summed E-state index contributed by atoms with van der Waals surface area (Å²) in [5, 5.41) is 151. The first-order valence-electron chi connectivity index (χ1n) is 38.9. The van der Waals surface area contributed by atoms with Crippen LogP contribution in [0.2, 0.25) is 0 Å². The molecule has 0 aliphatic heterocycles. The molecule has 9 rings (SSSR count). The van der Waals surface area contributed by atoms with Gasteiger partial charge in [-0.1, -0.05) is 264 Å². The Balaban J connectivity index is -0.000000640. The quantitative estimate of drug-likeness (QED) is 0.0403. The van der Waals surface area contributed by atoms with Gasteiger partial charge in [-0.25, -0.2) is 0 Å². The van der Waals surface area contributed by atoms with Crippen LogP contribution < -0.4 is 93.2 Å². The Morgan fingerprint density at radius 2 is 0.382 bits per heavy atom. The molecule has 6 N–H and O–H groups in total. The van der Waals surface area contributed by atoms with Crippen LogP contribution in [-0.2, 0) is 109 Å². The van der Waals surface area contributed by atoms with Gasteiger partial charge in [0.25, 0.3) is 0 Å². The third-order valence-electron chi connectivity index (χ3n) is 16.3. The van der Waals surface area contributed by atoms with Crippen molar-refractivity contribution < 1.29 is 131 Å². The van der Waals surface area contributed by atoms with Gasteiger partial charge in [0.05, 0.1) is 0 Å². The predicted octanol–water partition coefficient (Wildman–Crippen LogP) is 7.49. The standard InChI is InChI=1S/3C22H30N2O2.C4H10O.6C3H7O.3Ti/c3*1-15-7-9-21(25)17(11-15)13-23-19-5-3-4-6-20(19)24-14-18-12-16(2)8-10-22(18)26;1-3-5-4-2;6*1-3(2)4;;;/h3*7-12,19-20,23-26H,3-6,13-14H2,1-2H3;3-4H2,1-2H3;6*3H,1-2H3;;;/q;;;;6*-1;3*+4/p-6/t3*19-,20-;;;;;;;;;;/m111........../s1. The van der Waals surface area contributed by atoms with Crippen LogP contribution in [0.3, 0.4) is 0 Å². The van der Waals surface area contributed by atoms with Gasteiger partial charge in [-0.15, -0.1) is 71.1 Å². The zero-order valence-corrected chi connectivity index (χ0v) is 75.0. The average Bonchev–Trinajstić information content (AvgIpc) is 0.852. The van der Waals surface area contributed by atoms with Crippen molar-refractivity contribution in [3.63, 3.8) is 0 Å². The van der Waals surface area contributed by atoms with Crippen LogP contribution in [-0.4, -0.2) is 86.1 Å². The fourth-order valence-electron chi connectivity index (χ4n) is 11.6. The van der Waals surface area contributed by atoms with Crippen molar-refractivity contribution in [1.29, 1.82) is 0 Å². The van der Waals surface area contributed by atoms with E-state index in [9.17, 15) is 61.3 Å². The van der Waals surface area contributed by atoms with Crippen molar-refractivity contribution in [1.82, 2.24) is 31.9 Å². The summed E-state index contributed by atoms with van der Waals surface area (Å²) in [6.45, 7) is 40.6. The second kappa shape index (κ2) is 65.9. The summed E-state index contributed by atoms with van der Waals surface area (Å²) in [6, 6.07) is 34.8. The molecule has 19 nitrogen and oxygen atoms in total. The molecule has 6 atom stereocenters. The minimum Gasteiger partial charge on any atom is -0.872 e. The molecule has 6 aromatic rings. The fraction of sp³-hybridized carbons (Fsp3) is 0.591. The normalized spacial score (nSPS) is 16.7. The van der Waals surface area contributed by atoms with Gasteiger partial charge in [-0.2, -0.15) is 0 Å². The van der Waals surface area contributed by atoms with Crippen LogP contribution >= 0.6 is 0 Å². The topological polar surface area (TPSA) is 358 Å². The third-order valence-corrected chi connectivity index (χ3v) is 16.3. The van der Waals surface area contributed by atoms with Gasteiger partial charge in [0, 0.05) is 88.7 Å². The summed E-state index contributed by atoms with van der Waals surface area (Å²) in [6.07, 6.45) is 11.3. The van der Waals surface area contributed by atoms with Crippen molar-refractivity contribution in [2.75, 3.05) is 13.2 Å². The fourth-order valence-corrected chi connectivity index (χ4v) is 11.6. The molecular formula is C88H136N6O13Ti3. The van der Waals surface area contributed by atoms with Crippen LogP contribution in [0.5, 0.6) is 34.5 Å². The number of benzene rings is 6. The summed E-state index contributed by atoms with van der Waals surface area (Å²) in [5.74, 6) is 0.579. The number of rotatable bonds is 20. The van der Waals surface area contributed by atoms with Crippen LogP contribution in [0.15, 0.2) is 109 Å². The van der Waals surface area contributed by atoms with Gasteiger partial charge in [-0.05, 0) is 127 Å². The molecule has 3 aliphatic rings. The number of nitrogens with one attached hydrogen (secondary N) is 6. The first-order valence-corrected chi connectivity index (χ1v) is 38.9. The maximum atomic E-state index is 12.0. The van der Waals surface area contributed by atoms with E-state index in [2.05, 4.69) is 31.9 Å². The van der Waals surface area contributed by atoms with E-state index in [-0.39, 0.29) is 99.7 Å². The van der Waals surface area contributed by atoms with E-state index in [4.69, 9.17) is 4.74 Å². The second-order valence-electron chi connectivity index (χ2n) is 29.5. The molecule has 0 saturated heterocycles. The maximum absolute atomic E-state index is 12.0. The number of aryl methyl sites for hydroxylation is 6. The number of ether oxygens (including phenoxy) is 1. The zero-order chi connectivity index (χ0) is 81.1. The number of hydrogen-bond acceptors (Lipinski definition) is 19. The van der Waals surface area contributed by atoms with E-state index in [1.807, 2.05) is 128 Å². The summed E-state index contributed by atoms with van der Waals surface area (Å²) < 4.78 is 4.83. The Kier molecular flexibility index (Phi) is 67.2. The first-order chi connectivity index (χ1) is 50.4. The minimum atomic E-state index is -0.417. The van der Waals surface area contributed by atoms with Gasteiger partial charge in [0.2, 0.25) is 0 Å². The Hall–Kier alpha value is -4.26. The molecule has 3 aliphatic carbocycles. The van der Waals surface area contributed by atoms with Crippen LogP contribution in [0.4, 0.5) is 0 Å². The molecule has 22 heteroatoms. The van der Waals surface area contributed by atoms with E-state index in [0.717, 1.165) is 119 Å². The van der Waals surface area contributed by atoms with Gasteiger partial charge in [0.1, 0.15) is 0 Å². The van der Waals surface area contributed by atoms with E-state index in [0.29, 0.717) is 75.5 Å². The molecule has 3 fully saturated rings. The monoisotopic (exact) mass is 1630 g/mol. The summed E-state index contributed by atoms with van der Waals surface area (Å²) >= 11 is 0. The van der Waals surface area contributed by atoms with Crippen molar-refractivity contribution in [2.45, 2.75) is 328 Å². The smallest absolute Gasteiger partial charge is 0.872 e. The van der Waals surface area contributed by atoms with Crippen molar-refractivity contribution in [3.05, 3.63) is 176 Å². The molecule has 0 spiro atoms.